The summed E-state index contributed by atoms with van der Waals surface area (Å²) < 4.78 is 5.43. The SMILES string of the molecule is CCCCCCCCOC(=O)c1ccc(C(c2ccc[nH]2)c2ccc[nH]2)cc1. The minimum absolute atomic E-state index is 0.0817. The number of carbonyl (C=O) groups excluding carboxylic acids is 1. The first kappa shape index (κ1) is 20.0. The highest BCUT2D eigenvalue weighted by atomic mass is 16.5. The van der Waals surface area contributed by atoms with Crippen LogP contribution in [0.4, 0.5) is 0 Å². The first-order valence-electron chi connectivity index (χ1n) is 10.3. The van der Waals surface area contributed by atoms with E-state index in [1.54, 1.807) is 0 Å². The average Bonchev–Trinajstić information content (AvgIpc) is 3.43. The molecular weight excluding hydrogens is 348 g/mol. The summed E-state index contributed by atoms with van der Waals surface area (Å²) >= 11 is 0. The summed E-state index contributed by atoms with van der Waals surface area (Å²) in [5, 5.41) is 0. The van der Waals surface area contributed by atoms with E-state index in [9.17, 15) is 4.79 Å². The first-order chi connectivity index (χ1) is 13.8. The number of rotatable bonds is 11. The van der Waals surface area contributed by atoms with Gasteiger partial charge < -0.3 is 14.7 Å². The zero-order chi connectivity index (χ0) is 19.6. The van der Waals surface area contributed by atoms with Crippen LogP contribution in [0.15, 0.2) is 60.9 Å². The van der Waals surface area contributed by atoms with Crippen molar-refractivity contribution in [2.24, 2.45) is 0 Å². The predicted octanol–water partition coefficient (Wildman–Crippen LogP) is 6.04. The van der Waals surface area contributed by atoms with Crippen molar-refractivity contribution in [2.45, 2.75) is 51.4 Å². The van der Waals surface area contributed by atoms with E-state index >= 15 is 0 Å². The Bertz CT molecular complexity index is 771. The molecule has 148 valence electrons. The first-order valence-corrected chi connectivity index (χ1v) is 10.3. The molecule has 2 N–H and O–H groups in total. The van der Waals surface area contributed by atoms with Crippen LogP contribution in [0, 0.1) is 0 Å². The monoisotopic (exact) mass is 378 g/mol. The van der Waals surface area contributed by atoms with Gasteiger partial charge in [-0.25, -0.2) is 4.79 Å². The molecule has 0 bridgehead atoms. The zero-order valence-corrected chi connectivity index (χ0v) is 16.6. The van der Waals surface area contributed by atoms with E-state index in [4.69, 9.17) is 4.74 Å². The molecule has 0 unspecified atom stereocenters. The minimum atomic E-state index is -0.239. The second-order valence-corrected chi connectivity index (χ2v) is 7.21. The molecule has 3 rings (SSSR count). The lowest BCUT2D eigenvalue weighted by Crippen LogP contribution is -2.08. The smallest absolute Gasteiger partial charge is 0.338 e. The molecule has 4 nitrogen and oxygen atoms in total. The molecule has 0 fully saturated rings. The summed E-state index contributed by atoms with van der Waals surface area (Å²) in [5.74, 6) is -0.158. The van der Waals surface area contributed by atoms with Gasteiger partial charge in [0.15, 0.2) is 0 Å². The molecule has 2 aromatic heterocycles. The van der Waals surface area contributed by atoms with Crippen LogP contribution in [0.3, 0.4) is 0 Å². The van der Waals surface area contributed by atoms with Crippen LogP contribution in [0.25, 0.3) is 0 Å². The summed E-state index contributed by atoms with van der Waals surface area (Å²) in [6, 6.07) is 15.9. The van der Waals surface area contributed by atoms with Gasteiger partial charge in [0.05, 0.1) is 18.1 Å². The van der Waals surface area contributed by atoms with E-state index in [1.807, 2.05) is 48.8 Å². The maximum atomic E-state index is 12.3. The van der Waals surface area contributed by atoms with Crippen LogP contribution < -0.4 is 0 Å². The van der Waals surface area contributed by atoms with Crippen molar-refractivity contribution in [3.63, 3.8) is 0 Å². The third kappa shape index (κ3) is 5.38. The minimum Gasteiger partial charge on any atom is -0.462 e. The molecule has 1 aromatic carbocycles. The quantitative estimate of drug-likeness (QED) is 0.316. The third-order valence-electron chi connectivity index (χ3n) is 5.08. The molecule has 0 aliphatic carbocycles. The molecule has 0 atom stereocenters. The molecule has 0 aliphatic heterocycles. The van der Waals surface area contributed by atoms with Gasteiger partial charge in [-0.3, -0.25) is 0 Å². The van der Waals surface area contributed by atoms with Gasteiger partial charge in [0, 0.05) is 23.8 Å². The Morgan fingerprint density at radius 1 is 0.857 bits per heavy atom. The zero-order valence-electron chi connectivity index (χ0n) is 16.6. The van der Waals surface area contributed by atoms with E-state index in [1.165, 1.54) is 25.7 Å². The lowest BCUT2D eigenvalue weighted by Gasteiger charge is -2.16. The van der Waals surface area contributed by atoms with E-state index in [-0.39, 0.29) is 11.9 Å². The number of benzene rings is 1. The molecule has 0 radical (unpaired) electrons. The van der Waals surface area contributed by atoms with E-state index in [2.05, 4.69) is 29.0 Å². The normalized spacial score (nSPS) is 11.1. The number of ether oxygens (including phenoxy) is 1. The van der Waals surface area contributed by atoms with Crippen molar-refractivity contribution in [3.8, 4) is 0 Å². The highest BCUT2D eigenvalue weighted by molar-refractivity contribution is 5.89. The Labute approximate surface area is 167 Å². The van der Waals surface area contributed by atoms with E-state index in [0.717, 1.165) is 29.8 Å². The maximum Gasteiger partial charge on any atom is 0.338 e. The van der Waals surface area contributed by atoms with Crippen LogP contribution >= 0.6 is 0 Å². The second-order valence-electron chi connectivity index (χ2n) is 7.21. The molecule has 0 aliphatic rings. The Morgan fingerprint density at radius 2 is 1.46 bits per heavy atom. The topological polar surface area (TPSA) is 57.9 Å². The predicted molar refractivity (Wildman–Crippen MR) is 113 cm³/mol. The molecule has 0 saturated carbocycles. The lowest BCUT2D eigenvalue weighted by atomic mass is 9.92. The summed E-state index contributed by atoms with van der Waals surface area (Å²) in [5.41, 5.74) is 3.95. The molecule has 0 saturated heterocycles. The van der Waals surface area contributed by atoms with Gasteiger partial charge >= 0.3 is 5.97 Å². The van der Waals surface area contributed by atoms with Crippen molar-refractivity contribution in [3.05, 3.63) is 83.4 Å². The molecule has 0 amide bonds. The highest BCUT2D eigenvalue weighted by Gasteiger charge is 2.19. The van der Waals surface area contributed by atoms with Gasteiger partial charge in [-0.2, -0.15) is 0 Å². The van der Waals surface area contributed by atoms with Crippen molar-refractivity contribution in [1.82, 2.24) is 9.97 Å². The Hall–Kier alpha value is -2.75. The molecule has 0 spiro atoms. The second kappa shape index (κ2) is 10.5. The van der Waals surface area contributed by atoms with E-state index < -0.39 is 0 Å². The number of esters is 1. The largest absolute Gasteiger partial charge is 0.462 e. The molecule has 3 aromatic rings. The Balaban J connectivity index is 1.57. The van der Waals surface area contributed by atoms with Crippen LogP contribution in [0.1, 0.15) is 78.7 Å². The fraction of sp³-hybridized carbons (Fsp3) is 0.375. The van der Waals surface area contributed by atoms with Gasteiger partial charge in [-0.05, 0) is 48.4 Å². The summed E-state index contributed by atoms with van der Waals surface area (Å²) in [4.78, 5) is 18.9. The number of aromatic amines is 2. The molecule has 4 heteroatoms. The lowest BCUT2D eigenvalue weighted by molar-refractivity contribution is 0.0497. The number of unbranched alkanes of at least 4 members (excludes halogenated alkanes) is 5. The summed E-state index contributed by atoms with van der Waals surface area (Å²) in [6.07, 6.45) is 11.0. The Morgan fingerprint density at radius 3 is 2.04 bits per heavy atom. The third-order valence-corrected chi connectivity index (χ3v) is 5.08. The standard InChI is InChI=1S/C24H30N2O2/c1-2-3-4-5-6-7-18-28-24(27)20-14-12-19(13-15-20)23(21-10-8-16-25-21)22-11-9-17-26-22/h8-17,23,25-26H,2-7,18H2,1H3. The van der Waals surface area contributed by atoms with Gasteiger partial charge in [0.2, 0.25) is 0 Å². The number of carbonyl (C=O) groups is 1. The molecule has 2 heterocycles. The molecule has 28 heavy (non-hydrogen) atoms. The summed E-state index contributed by atoms with van der Waals surface area (Å²) in [7, 11) is 0. The van der Waals surface area contributed by atoms with Crippen LogP contribution in [0.2, 0.25) is 0 Å². The number of hydrogen-bond donors (Lipinski definition) is 2. The number of H-pyrrole nitrogens is 2. The van der Waals surface area contributed by atoms with Crippen LogP contribution in [-0.4, -0.2) is 22.5 Å². The average molecular weight is 379 g/mol. The van der Waals surface area contributed by atoms with E-state index in [0.29, 0.717) is 12.2 Å². The fourth-order valence-corrected chi connectivity index (χ4v) is 3.52. The maximum absolute atomic E-state index is 12.3. The van der Waals surface area contributed by atoms with Gasteiger partial charge in [-0.1, -0.05) is 51.2 Å². The van der Waals surface area contributed by atoms with Crippen molar-refractivity contribution >= 4 is 5.97 Å². The fourth-order valence-electron chi connectivity index (χ4n) is 3.52. The van der Waals surface area contributed by atoms with Crippen molar-refractivity contribution in [1.29, 1.82) is 0 Å². The van der Waals surface area contributed by atoms with Crippen LogP contribution in [-0.2, 0) is 4.74 Å². The van der Waals surface area contributed by atoms with Crippen molar-refractivity contribution < 1.29 is 9.53 Å². The van der Waals surface area contributed by atoms with Gasteiger partial charge in [0.25, 0.3) is 0 Å². The summed E-state index contributed by atoms with van der Waals surface area (Å²) in [6.45, 7) is 2.71. The van der Waals surface area contributed by atoms with Gasteiger partial charge in [-0.15, -0.1) is 0 Å². The van der Waals surface area contributed by atoms with Gasteiger partial charge in [0.1, 0.15) is 0 Å². The molecular formula is C24H30N2O2. The number of aromatic nitrogens is 2. The number of hydrogen-bond acceptors (Lipinski definition) is 2. The highest BCUT2D eigenvalue weighted by Crippen LogP contribution is 2.30. The van der Waals surface area contributed by atoms with Crippen molar-refractivity contribution in [2.75, 3.05) is 6.61 Å². The van der Waals surface area contributed by atoms with Crippen LogP contribution in [0.5, 0.6) is 0 Å². The number of nitrogens with one attached hydrogen (secondary N) is 2. The Kier molecular flexibility index (Phi) is 7.53.